The van der Waals surface area contributed by atoms with Gasteiger partial charge in [-0.05, 0) is 20.8 Å². The first kappa shape index (κ1) is 13.8. The summed E-state index contributed by atoms with van der Waals surface area (Å²) in [4.78, 5) is 26.7. The van der Waals surface area contributed by atoms with Gasteiger partial charge in [0.2, 0.25) is 5.95 Å². The van der Waals surface area contributed by atoms with Crippen LogP contribution in [0, 0.1) is 0 Å². The molecular formula is C11H18N8O. The van der Waals surface area contributed by atoms with Gasteiger partial charge in [-0.2, -0.15) is 4.98 Å². The van der Waals surface area contributed by atoms with Gasteiger partial charge in [0.25, 0.3) is 5.56 Å². The van der Waals surface area contributed by atoms with Gasteiger partial charge in [0.05, 0.1) is 6.33 Å². The lowest BCUT2D eigenvalue weighted by Crippen LogP contribution is -2.25. The van der Waals surface area contributed by atoms with E-state index in [9.17, 15) is 4.79 Å². The highest BCUT2D eigenvalue weighted by Gasteiger charge is 2.19. The lowest BCUT2D eigenvalue weighted by Gasteiger charge is -2.20. The molecule has 0 aromatic carbocycles. The molecule has 0 aliphatic rings. The van der Waals surface area contributed by atoms with Crippen LogP contribution in [0.2, 0.25) is 0 Å². The minimum atomic E-state index is -0.315. The maximum atomic E-state index is 11.9. The number of fused-ring (bicyclic) bond motifs is 1. The highest BCUT2D eigenvalue weighted by atomic mass is 16.1. The van der Waals surface area contributed by atoms with Gasteiger partial charge >= 0.3 is 0 Å². The predicted octanol–water partition coefficient (Wildman–Crippen LogP) is -0.483. The number of guanidine groups is 1. The van der Waals surface area contributed by atoms with Gasteiger partial charge in [-0.1, -0.05) is 0 Å². The third kappa shape index (κ3) is 2.71. The number of aromatic nitrogens is 4. The molecule has 0 bridgehead atoms. The molecule has 2 aromatic rings. The van der Waals surface area contributed by atoms with Crippen molar-refractivity contribution >= 4 is 23.1 Å². The van der Waals surface area contributed by atoms with Crippen LogP contribution in [0.15, 0.2) is 16.1 Å². The number of anilines is 1. The fourth-order valence-corrected chi connectivity index (χ4v) is 1.69. The van der Waals surface area contributed by atoms with E-state index in [0.717, 1.165) is 0 Å². The molecule has 9 heteroatoms. The zero-order valence-corrected chi connectivity index (χ0v) is 11.6. The number of rotatable bonds is 3. The van der Waals surface area contributed by atoms with Crippen molar-refractivity contribution in [3.63, 3.8) is 0 Å². The minimum absolute atomic E-state index is 0.0411. The summed E-state index contributed by atoms with van der Waals surface area (Å²) in [6.07, 6.45) is 1.60. The molecule has 6 N–H and O–H groups in total. The second-order valence-corrected chi connectivity index (χ2v) is 5.29. The van der Waals surface area contributed by atoms with Crippen LogP contribution in [-0.2, 0) is 5.54 Å². The van der Waals surface area contributed by atoms with Crippen molar-refractivity contribution < 1.29 is 0 Å². The number of H-pyrrole nitrogens is 1. The zero-order valence-electron chi connectivity index (χ0n) is 11.6. The van der Waals surface area contributed by atoms with Gasteiger partial charge in [0, 0.05) is 5.54 Å². The molecule has 20 heavy (non-hydrogen) atoms. The van der Waals surface area contributed by atoms with Crippen molar-refractivity contribution in [3.8, 4) is 0 Å². The second-order valence-electron chi connectivity index (χ2n) is 5.29. The Balaban J connectivity index is 2.44. The maximum Gasteiger partial charge on any atom is 0.280 e. The highest BCUT2D eigenvalue weighted by Crippen LogP contribution is 2.18. The van der Waals surface area contributed by atoms with Gasteiger partial charge in [-0.3, -0.25) is 9.78 Å². The van der Waals surface area contributed by atoms with E-state index in [1.807, 2.05) is 25.3 Å². The summed E-state index contributed by atoms with van der Waals surface area (Å²) in [5.74, 6) is 0.249. The predicted molar refractivity (Wildman–Crippen MR) is 77.4 cm³/mol. The summed E-state index contributed by atoms with van der Waals surface area (Å²) in [6.45, 7) is 6.14. The Labute approximate surface area is 115 Å². The molecular weight excluding hydrogens is 260 g/mol. The second kappa shape index (κ2) is 4.83. The van der Waals surface area contributed by atoms with Crippen LogP contribution in [0.3, 0.4) is 0 Å². The average Bonchev–Trinajstić information content (AvgIpc) is 2.72. The number of hydrogen-bond donors (Lipinski definition) is 4. The van der Waals surface area contributed by atoms with Crippen LogP contribution < -0.4 is 22.3 Å². The molecule has 9 nitrogen and oxygen atoms in total. The Kier molecular flexibility index (Phi) is 3.35. The molecule has 2 rings (SSSR count). The Bertz CT molecular complexity index is 701. The number of nitrogens with two attached hydrogens (primary N) is 2. The molecule has 0 radical (unpaired) electrons. The Morgan fingerprint density at radius 3 is 2.80 bits per heavy atom. The topological polar surface area (TPSA) is 140 Å². The third-order valence-corrected chi connectivity index (χ3v) is 2.64. The highest BCUT2D eigenvalue weighted by molar-refractivity contribution is 5.75. The van der Waals surface area contributed by atoms with E-state index >= 15 is 0 Å². The summed E-state index contributed by atoms with van der Waals surface area (Å²) in [6, 6.07) is 0. The van der Waals surface area contributed by atoms with Gasteiger partial charge in [-0.15, -0.1) is 0 Å². The average molecular weight is 278 g/mol. The van der Waals surface area contributed by atoms with Gasteiger partial charge in [-0.25, -0.2) is 9.98 Å². The molecule has 0 aliphatic carbocycles. The first-order chi connectivity index (χ1) is 9.29. The molecule has 0 atom stereocenters. The Morgan fingerprint density at radius 2 is 2.20 bits per heavy atom. The van der Waals surface area contributed by atoms with Crippen molar-refractivity contribution in [2.75, 3.05) is 12.0 Å². The molecule has 2 aromatic heterocycles. The summed E-state index contributed by atoms with van der Waals surface area (Å²) >= 11 is 0. The van der Waals surface area contributed by atoms with E-state index in [1.165, 1.54) is 0 Å². The Morgan fingerprint density at radius 1 is 1.50 bits per heavy atom. The lowest BCUT2D eigenvalue weighted by molar-refractivity contribution is 0.406. The van der Waals surface area contributed by atoms with E-state index in [0.29, 0.717) is 17.1 Å². The van der Waals surface area contributed by atoms with Crippen LogP contribution in [0.1, 0.15) is 20.8 Å². The molecule has 2 heterocycles. The van der Waals surface area contributed by atoms with E-state index in [-0.39, 0.29) is 23.7 Å². The summed E-state index contributed by atoms with van der Waals surface area (Å²) in [7, 11) is 0. The number of aromatic amines is 1. The van der Waals surface area contributed by atoms with Crippen molar-refractivity contribution in [1.29, 1.82) is 0 Å². The fourth-order valence-electron chi connectivity index (χ4n) is 1.69. The van der Waals surface area contributed by atoms with Crippen LogP contribution in [0.25, 0.3) is 11.2 Å². The lowest BCUT2D eigenvalue weighted by atomic mass is 10.1. The van der Waals surface area contributed by atoms with Crippen molar-refractivity contribution in [1.82, 2.24) is 19.5 Å². The van der Waals surface area contributed by atoms with Crippen LogP contribution in [0.4, 0.5) is 5.95 Å². The quantitative estimate of drug-likeness (QED) is 0.441. The van der Waals surface area contributed by atoms with Crippen LogP contribution in [0.5, 0.6) is 0 Å². The number of aliphatic imine (C=N–C) groups is 1. The van der Waals surface area contributed by atoms with Gasteiger partial charge < -0.3 is 21.4 Å². The zero-order chi connectivity index (χ0) is 14.9. The summed E-state index contributed by atoms with van der Waals surface area (Å²) in [5.41, 5.74) is 10.7. The maximum absolute atomic E-state index is 11.9. The number of nitrogens with zero attached hydrogens (tertiary/aromatic N) is 4. The molecule has 0 spiro atoms. The van der Waals surface area contributed by atoms with E-state index in [1.54, 1.807) is 6.33 Å². The minimum Gasteiger partial charge on any atom is -0.370 e. The standard InChI is InChI=1S/C11H18N8O/c1-11(2,3)19-5-16-6-7(19)17-10(18-8(6)20)15-4-14-9(12)13/h5H,4H2,1-3H3,(H4,12,13,14)(H2,15,17,18,20). The normalized spacial score (nSPS) is 11.6. The van der Waals surface area contributed by atoms with Gasteiger partial charge in [0.15, 0.2) is 17.1 Å². The van der Waals surface area contributed by atoms with E-state index in [4.69, 9.17) is 11.5 Å². The van der Waals surface area contributed by atoms with Crippen molar-refractivity contribution in [2.24, 2.45) is 16.5 Å². The molecule has 0 unspecified atom stereocenters. The Hall–Kier alpha value is -2.58. The summed E-state index contributed by atoms with van der Waals surface area (Å²) in [5, 5.41) is 2.82. The van der Waals surface area contributed by atoms with Crippen LogP contribution >= 0.6 is 0 Å². The number of nitrogens with one attached hydrogen (secondary N) is 2. The molecule has 0 amide bonds. The smallest absolute Gasteiger partial charge is 0.280 e. The van der Waals surface area contributed by atoms with Crippen molar-refractivity contribution in [3.05, 3.63) is 16.7 Å². The monoisotopic (exact) mass is 278 g/mol. The molecule has 0 saturated heterocycles. The van der Waals surface area contributed by atoms with Crippen molar-refractivity contribution in [2.45, 2.75) is 26.3 Å². The first-order valence-electron chi connectivity index (χ1n) is 6.06. The fraction of sp³-hybridized carbons (Fsp3) is 0.455. The largest absolute Gasteiger partial charge is 0.370 e. The number of imidazole rings is 1. The summed E-state index contributed by atoms with van der Waals surface area (Å²) < 4.78 is 1.84. The van der Waals surface area contributed by atoms with Crippen LogP contribution in [-0.4, -0.2) is 32.1 Å². The first-order valence-corrected chi connectivity index (χ1v) is 6.06. The molecule has 0 fully saturated rings. The van der Waals surface area contributed by atoms with E-state index in [2.05, 4.69) is 25.3 Å². The number of hydrogen-bond acceptors (Lipinski definition) is 5. The van der Waals surface area contributed by atoms with Gasteiger partial charge in [0.1, 0.15) is 6.67 Å². The molecule has 0 aliphatic heterocycles. The molecule has 108 valence electrons. The van der Waals surface area contributed by atoms with E-state index < -0.39 is 0 Å². The molecule has 0 saturated carbocycles. The SMILES string of the molecule is CC(C)(C)n1cnc2c(=O)[nH]c(NCN=C(N)N)nc21. The third-order valence-electron chi connectivity index (χ3n) is 2.64.